The predicted octanol–water partition coefficient (Wildman–Crippen LogP) is 2.46. The highest BCUT2D eigenvalue weighted by atomic mass is 16.1. The lowest BCUT2D eigenvalue weighted by Gasteiger charge is -2.01. The van der Waals surface area contributed by atoms with Gasteiger partial charge in [-0.25, -0.2) is 0 Å². The van der Waals surface area contributed by atoms with Crippen LogP contribution in [0.15, 0.2) is 18.2 Å². The van der Waals surface area contributed by atoms with E-state index in [1.165, 1.54) is 0 Å². The molecule has 0 saturated heterocycles. The van der Waals surface area contributed by atoms with Crippen LogP contribution in [0.2, 0.25) is 0 Å². The zero-order valence-electron chi connectivity index (χ0n) is 8.08. The van der Waals surface area contributed by atoms with E-state index >= 15 is 0 Å². The average Bonchev–Trinajstić information content (AvgIpc) is 3.01. The molecule has 0 aromatic heterocycles. The number of benzene rings is 1. The van der Waals surface area contributed by atoms with E-state index in [2.05, 4.69) is 6.07 Å². The number of rotatable bonds is 2. The first kappa shape index (κ1) is 8.96. The van der Waals surface area contributed by atoms with E-state index in [1.54, 1.807) is 6.07 Å². The Kier molecular flexibility index (Phi) is 2.09. The summed E-state index contributed by atoms with van der Waals surface area (Å²) in [7, 11) is 0. The standard InChI is InChI=1S/C12H11NO/c1-8-2-3-10(6-11(8)7-13)12(14)9-4-5-9/h2-3,6,9H,4-5H2,1H3. The summed E-state index contributed by atoms with van der Waals surface area (Å²) in [6.45, 7) is 1.88. The second-order valence-electron chi connectivity index (χ2n) is 3.78. The van der Waals surface area contributed by atoms with Crippen LogP contribution in [-0.4, -0.2) is 5.78 Å². The fraction of sp³-hybridized carbons (Fsp3) is 0.333. The van der Waals surface area contributed by atoms with E-state index in [0.29, 0.717) is 11.1 Å². The smallest absolute Gasteiger partial charge is 0.165 e. The number of Topliss-reactive ketones (excluding diaryl/α,β-unsaturated/α-hetero) is 1. The maximum Gasteiger partial charge on any atom is 0.165 e. The van der Waals surface area contributed by atoms with Gasteiger partial charge in [-0.1, -0.05) is 12.1 Å². The van der Waals surface area contributed by atoms with Crippen LogP contribution in [0.1, 0.15) is 34.3 Å². The molecule has 0 amide bonds. The van der Waals surface area contributed by atoms with Gasteiger partial charge in [-0.2, -0.15) is 5.26 Å². The van der Waals surface area contributed by atoms with Crippen LogP contribution in [0, 0.1) is 24.2 Å². The highest BCUT2D eigenvalue weighted by molar-refractivity contribution is 5.99. The van der Waals surface area contributed by atoms with Gasteiger partial charge in [0.25, 0.3) is 0 Å². The van der Waals surface area contributed by atoms with Crippen molar-refractivity contribution in [3.63, 3.8) is 0 Å². The van der Waals surface area contributed by atoms with Crippen LogP contribution >= 0.6 is 0 Å². The van der Waals surface area contributed by atoms with Crippen LogP contribution in [0.25, 0.3) is 0 Å². The van der Waals surface area contributed by atoms with Crippen molar-refractivity contribution in [3.8, 4) is 6.07 Å². The third kappa shape index (κ3) is 1.54. The molecule has 70 valence electrons. The molecule has 0 atom stereocenters. The Morgan fingerprint density at radius 3 is 2.79 bits per heavy atom. The number of hydrogen-bond donors (Lipinski definition) is 0. The molecule has 1 saturated carbocycles. The Morgan fingerprint density at radius 1 is 1.50 bits per heavy atom. The van der Waals surface area contributed by atoms with Crippen LogP contribution in [0.3, 0.4) is 0 Å². The molecule has 14 heavy (non-hydrogen) atoms. The van der Waals surface area contributed by atoms with Crippen molar-refractivity contribution in [1.29, 1.82) is 5.26 Å². The van der Waals surface area contributed by atoms with Gasteiger partial charge >= 0.3 is 0 Å². The topological polar surface area (TPSA) is 40.9 Å². The molecule has 0 spiro atoms. The number of ketones is 1. The van der Waals surface area contributed by atoms with Crippen molar-refractivity contribution in [2.75, 3.05) is 0 Å². The van der Waals surface area contributed by atoms with Gasteiger partial charge in [0.05, 0.1) is 11.6 Å². The highest BCUT2D eigenvalue weighted by Gasteiger charge is 2.30. The van der Waals surface area contributed by atoms with Crippen LogP contribution in [-0.2, 0) is 0 Å². The lowest BCUT2D eigenvalue weighted by molar-refractivity contribution is 0.0967. The van der Waals surface area contributed by atoms with Gasteiger partial charge in [0, 0.05) is 11.5 Å². The minimum Gasteiger partial charge on any atom is -0.294 e. The van der Waals surface area contributed by atoms with E-state index < -0.39 is 0 Å². The minimum atomic E-state index is 0.196. The van der Waals surface area contributed by atoms with Crippen LogP contribution in [0.5, 0.6) is 0 Å². The van der Waals surface area contributed by atoms with Crippen molar-refractivity contribution in [3.05, 3.63) is 34.9 Å². The Morgan fingerprint density at radius 2 is 2.21 bits per heavy atom. The zero-order chi connectivity index (χ0) is 10.1. The Bertz CT molecular complexity index is 424. The number of carbonyl (C=O) groups excluding carboxylic acids is 1. The van der Waals surface area contributed by atoms with Crippen molar-refractivity contribution >= 4 is 5.78 Å². The van der Waals surface area contributed by atoms with Gasteiger partial charge in [0.1, 0.15) is 0 Å². The monoisotopic (exact) mass is 185 g/mol. The molecule has 2 nitrogen and oxygen atoms in total. The molecule has 0 heterocycles. The Labute approximate surface area is 83.2 Å². The van der Waals surface area contributed by atoms with Gasteiger partial charge in [0.15, 0.2) is 5.78 Å². The van der Waals surface area contributed by atoms with Crippen molar-refractivity contribution < 1.29 is 4.79 Å². The van der Waals surface area contributed by atoms with E-state index in [9.17, 15) is 4.79 Å². The Hall–Kier alpha value is -1.62. The summed E-state index contributed by atoms with van der Waals surface area (Å²) in [5.41, 5.74) is 2.23. The predicted molar refractivity (Wildman–Crippen MR) is 52.9 cm³/mol. The van der Waals surface area contributed by atoms with E-state index in [1.807, 2.05) is 19.1 Å². The van der Waals surface area contributed by atoms with E-state index in [-0.39, 0.29) is 11.7 Å². The second kappa shape index (κ2) is 3.26. The van der Waals surface area contributed by atoms with Crippen molar-refractivity contribution in [2.24, 2.45) is 5.92 Å². The molecule has 0 N–H and O–H groups in total. The number of nitrogens with zero attached hydrogens (tertiary/aromatic N) is 1. The minimum absolute atomic E-state index is 0.196. The SMILES string of the molecule is Cc1ccc(C(=O)C2CC2)cc1C#N. The molecule has 2 heteroatoms. The number of aryl methyl sites for hydroxylation is 1. The summed E-state index contributed by atoms with van der Waals surface area (Å²) in [5.74, 6) is 0.422. The molecule has 2 rings (SSSR count). The van der Waals surface area contributed by atoms with Crippen molar-refractivity contribution in [1.82, 2.24) is 0 Å². The van der Waals surface area contributed by atoms with Gasteiger partial charge < -0.3 is 0 Å². The van der Waals surface area contributed by atoms with Crippen LogP contribution in [0.4, 0.5) is 0 Å². The molecule has 0 unspecified atom stereocenters. The first-order valence-corrected chi connectivity index (χ1v) is 4.77. The van der Waals surface area contributed by atoms with Gasteiger partial charge in [-0.3, -0.25) is 4.79 Å². The molecule has 1 aliphatic carbocycles. The number of nitriles is 1. The zero-order valence-corrected chi connectivity index (χ0v) is 8.08. The maximum atomic E-state index is 11.7. The van der Waals surface area contributed by atoms with Crippen molar-refractivity contribution in [2.45, 2.75) is 19.8 Å². The molecule has 0 bridgehead atoms. The van der Waals surface area contributed by atoms with E-state index in [0.717, 1.165) is 18.4 Å². The lowest BCUT2D eigenvalue weighted by atomic mass is 10.0. The third-order valence-corrected chi connectivity index (χ3v) is 2.59. The highest BCUT2D eigenvalue weighted by Crippen LogP contribution is 2.32. The van der Waals surface area contributed by atoms with E-state index in [4.69, 9.17) is 5.26 Å². The summed E-state index contributed by atoms with van der Waals surface area (Å²) in [6, 6.07) is 7.46. The fourth-order valence-corrected chi connectivity index (χ4v) is 1.48. The fourth-order valence-electron chi connectivity index (χ4n) is 1.48. The summed E-state index contributed by atoms with van der Waals surface area (Å²) in [4.78, 5) is 11.7. The van der Waals surface area contributed by atoms with Gasteiger partial charge in [-0.15, -0.1) is 0 Å². The third-order valence-electron chi connectivity index (χ3n) is 2.59. The molecular weight excluding hydrogens is 174 g/mol. The summed E-state index contributed by atoms with van der Waals surface area (Å²) >= 11 is 0. The largest absolute Gasteiger partial charge is 0.294 e. The second-order valence-corrected chi connectivity index (χ2v) is 3.78. The summed E-state index contributed by atoms with van der Waals surface area (Å²) < 4.78 is 0. The molecule has 1 aromatic rings. The Balaban J connectivity index is 2.35. The quantitative estimate of drug-likeness (QED) is 0.664. The number of carbonyl (C=O) groups is 1. The summed E-state index contributed by atoms with van der Waals surface area (Å²) in [6.07, 6.45) is 2.02. The van der Waals surface area contributed by atoms with Crippen LogP contribution < -0.4 is 0 Å². The maximum absolute atomic E-state index is 11.7. The lowest BCUT2D eigenvalue weighted by Crippen LogP contribution is -2.01. The molecule has 1 fully saturated rings. The average molecular weight is 185 g/mol. The molecular formula is C12H11NO. The first-order valence-electron chi connectivity index (χ1n) is 4.77. The molecule has 1 aliphatic rings. The molecule has 0 radical (unpaired) electrons. The molecule has 0 aliphatic heterocycles. The summed E-state index contributed by atoms with van der Waals surface area (Å²) in [5, 5.41) is 8.82. The number of hydrogen-bond acceptors (Lipinski definition) is 2. The normalized spacial score (nSPS) is 14.9. The van der Waals surface area contributed by atoms with Gasteiger partial charge in [0.2, 0.25) is 0 Å². The first-order chi connectivity index (χ1) is 6.72. The van der Waals surface area contributed by atoms with Gasteiger partial charge in [-0.05, 0) is 31.4 Å². The molecule has 1 aromatic carbocycles.